The third kappa shape index (κ3) is 1.46. The molecule has 3 heteroatoms. The Bertz CT molecular complexity index is 316. The van der Waals surface area contributed by atoms with Gasteiger partial charge in [-0.05, 0) is 40.3 Å². The van der Waals surface area contributed by atoms with Crippen LogP contribution in [-0.4, -0.2) is 5.91 Å². The van der Waals surface area contributed by atoms with Crippen molar-refractivity contribution in [2.75, 3.05) is 0 Å². The van der Waals surface area contributed by atoms with Gasteiger partial charge in [-0.25, -0.2) is 0 Å². The maximum absolute atomic E-state index is 10.7. The van der Waals surface area contributed by atoms with Crippen LogP contribution < -0.4 is 5.32 Å². The highest BCUT2D eigenvalue weighted by atomic mass is 127. The van der Waals surface area contributed by atoms with Crippen LogP contribution in [0.3, 0.4) is 0 Å². The minimum atomic E-state index is 0.152. The van der Waals surface area contributed by atoms with Gasteiger partial charge in [0, 0.05) is 3.57 Å². The molecule has 0 aromatic heterocycles. The van der Waals surface area contributed by atoms with Crippen molar-refractivity contribution in [3.05, 3.63) is 33.4 Å². The first kappa shape index (κ1) is 8.04. The number of halogens is 1. The molecule has 1 unspecified atom stereocenters. The van der Waals surface area contributed by atoms with Crippen LogP contribution in [0.4, 0.5) is 0 Å². The van der Waals surface area contributed by atoms with Gasteiger partial charge in [0.2, 0.25) is 5.91 Å². The molecule has 1 atom stereocenters. The van der Waals surface area contributed by atoms with Gasteiger partial charge in [0.25, 0.3) is 0 Å². The molecule has 12 heavy (non-hydrogen) atoms. The molecule has 0 spiro atoms. The van der Waals surface area contributed by atoms with E-state index in [0.717, 1.165) is 0 Å². The normalized spacial score (nSPS) is 21.4. The first-order valence-corrected chi connectivity index (χ1v) is 4.88. The Hall–Kier alpha value is -0.580. The zero-order valence-corrected chi connectivity index (χ0v) is 8.54. The van der Waals surface area contributed by atoms with Gasteiger partial charge in [-0.1, -0.05) is 12.1 Å². The van der Waals surface area contributed by atoms with E-state index in [1.54, 1.807) is 0 Å². The van der Waals surface area contributed by atoms with E-state index in [1.165, 1.54) is 9.13 Å². The summed E-state index contributed by atoms with van der Waals surface area (Å²) in [7, 11) is 0. The van der Waals surface area contributed by atoms with Crippen molar-refractivity contribution in [3.8, 4) is 0 Å². The monoisotopic (exact) mass is 273 g/mol. The summed E-state index contributed by atoms with van der Waals surface area (Å²) >= 11 is 2.27. The maximum atomic E-state index is 10.7. The number of hydrogen-bond donors (Lipinski definition) is 1. The van der Waals surface area contributed by atoms with E-state index in [-0.39, 0.29) is 11.9 Å². The molecular weight excluding hydrogens is 265 g/mol. The molecule has 1 aromatic carbocycles. The van der Waals surface area contributed by atoms with Crippen molar-refractivity contribution < 1.29 is 4.79 Å². The third-order valence-corrected chi connectivity index (χ3v) is 2.65. The summed E-state index contributed by atoms with van der Waals surface area (Å²) < 4.78 is 1.21. The Labute approximate surface area is 84.5 Å². The van der Waals surface area contributed by atoms with E-state index in [1.807, 2.05) is 18.2 Å². The van der Waals surface area contributed by atoms with Crippen molar-refractivity contribution in [2.24, 2.45) is 0 Å². The first-order chi connectivity index (χ1) is 5.75. The predicted octanol–water partition coefficient (Wildman–Crippen LogP) is 1.85. The highest BCUT2D eigenvalue weighted by molar-refractivity contribution is 14.1. The summed E-state index contributed by atoms with van der Waals surface area (Å²) in [5, 5.41) is 2.84. The van der Waals surface area contributed by atoms with Crippen molar-refractivity contribution in [2.45, 2.75) is 12.5 Å². The van der Waals surface area contributed by atoms with Gasteiger partial charge in [-0.15, -0.1) is 0 Å². The van der Waals surface area contributed by atoms with Crippen LogP contribution in [0.2, 0.25) is 0 Å². The van der Waals surface area contributed by atoms with Crippen molar-refractivity contribution in [3.63, 3.8) is 0 Å². The van der Waals surface area contributed by atoms with Crippen molar-refractivity contribution >= 4 is 28.5 Å². The number of hydrogen-bond acceptors (Lipinski definition) is 1. The molecule has 0 aliphatic carbocycles. The molecule has 2 nitrogen and oxygen atoms in total. The highest BCUT2D eigenvalue weighted by Gasteiger charge is 2.26. The fourth-order valence-corrected chi connectivity index (χ4v) is 1.85. The second-order valence-corrected chi connectivity index (χ2v) is 4.12. The van der Waals surface area contributed by atoms with Crippen LogP contribution in [0.1, 0.15) is 18.0 Å². The maximum Gasteiger partial charge on any atom is 0.222 e. The molecule has 1 aliphatic heterocycles. The van der Waals surface area contributed by atoms with Crippen LogP contribution in [0.5, 0.6) is 0 Å². The van der Waals surface area contributed by atoms with Crippen LogP contribution in [0.25, 0.3) is 0 Å². The van der Waals surface area contributed by atoms with Gasteiger partial charge in [-0.3, -0.25) is 4.79 Å². The number of β-lactam (4-membered cyclic amide) rings is 1. The summed E-state index contributed by atoms with van der Waals surface area (Å²) in [5.74, 6) is 0.152. The second-order valence-electron chi connectivity index (χ2n) is 2.88. The fourth-order valence-electron chi connectivity index (χ4n) is 1.28. The summed E-state index contributed by atoms with van der Waals surface area (Å²) in [6.45, 7) is 0. The molecule has 1 amide bonds. The Morgan fingerprint density at radius 3 is 2.83 bits per heavy atom. The lowest BCUT2D eigenvalue weighted by Crippen LogP contribution is -2.41. The van der Waals surface area contributed by atoms with Gasteiger partial charge in [-0.2, -0.15) is 0 Å². The molecule has 62 valence electrons. The van der Waals surface area contributed by atoms with Gasteiger partial charge >= 0.3 is 0 Å². The van der Waals surface area contributed by atoms with Crippen LogP contribution in [0, 0.1) is 3.57 Å². The lowest BCUT2D eigenvalue weighted by molar-refractivity contribution is -0.128. The van der Waals surface area contributed by atoms with Crippen LogP contribution >= 0.6 is 22.6 Å². The summed E-state index contributed by atoms with van der Waals surface area (Å²) in [4.78, 5) is 10.7. The standard InChI is InChI=1S/C9H8INO/c10-7-3-1-2-6(4-7)8-5-9(12)11-8/h1-4,8H,5H2,(H,11,12). The third-order valence-electron chi connectivity index (χ3n) is 1.98. The number of carbonyl (C=O) groups is 1. The van der Waals surface area contributed by atoms with Gasteiger partial charge in [0.15, 0.2) is 0 Å². The minimum Gasteiger partial charge on any atom is -0.349 e. The molecule has 0 radical (unpaired) electrons. The number of benzene rings is 1. The average Bonchev–Trinajstić information content (AvgIpc) is 1.99. The Kier molecular flexibility index (Phi) is 2.04. The predicted molar refractivity (Wildman–Crippen MR) is 54.7 cm³/mol. The summed E-state index contributed by atoms with van der Waals surface area (Å²) in [5.41, 5.74) is 1.21. The highest BCUT2D eigenvalue weighted by Crippen LogP contribution is 2.24. The Morgan fingerprint density at radius 1 is 1.50 bits per heavy atom. The molecule has 0 saturated carbocycles. The molecule has 1 aromatic rings. The molecule has 1 N–H and O–H groups in total. The van der Waals surface area contributed by atoms with E-state index in [9.17, 15) is 4.79 Å². The second kappa shape index (κ2) is 3.05. The van der Waals surface area contributed by atoms with Gasteiger partial charge < -0.3 is 5.32 Å². The number of nitrogens with one attached hydrogen (secondary N) is 1. The quantitative estimate of drug-likeness (QED) is 0.614. The Balaban J connectivity index is 2.18. The van der Waals surface area contributed by atoms with Gasteiger partial charge in [0.1, 0.15) is 0 Å². The molecule has 2 rings (SSSR count). The SMILES string of the molecule is O=C1CC(c2cccc(I)c2)N1. The smallest absolute Gasteiger partial charge is 0.222 e. The fraction of sp³-hybridized carbons (Fsp3) is 0.222. The number of carbonyl (C=O) groups excluding carboxylic acids is 1. The first-order valence-electron chi connectivity index (χ1n) is 3.80. The van der Waals surface area contributed by atoms with E-state index in [4.69, 9.17) is 0 Å². The topological polar surface area (TPSA) is 29.1 Å². The Morgan fingerprint density at radius 2 is 2.25 bits per heavy atom. The molecule has 1 heterocycles. The molecule has 1 saturated heterocycles. The van der Waals surface area contributed by atoms with Crippen LogP contribution in [0.15, 0.2) is 24.3 Å². The lowest BCUT2D eigenvalue weighted by Gasteiger charge is -2.27. The van der Waals surface area contributed by atoms with Crippen molar-refractivity contribution in [1.29, 1.82) is 0 Å². The largest absolute Gasteiger partial charge is 0.349 e. The van der Waals surface area contributed by atoms with E-state index in [2.05, 4.69) is 34.0 Å². The van der Waals surface area contributed by atoms with Gasteiger partial charge in [0.05, 0.1) is 12.5 Å². The molecule has 1 aliphatic rings. The molecule has 1 fully saturated rings. The van der Waals surface area contributed by atoms with E-state index in [0.29, 0.717) is 6.42 Å². The molecular formula is C9H8INO. The minimum absolute atomic E-state index is 0.152. The number of rotatable bonds is 1. The van der Waals surface area contributed by atoms with E-state index >= 15 is 0 Å². The average molecular weight is 273 g/mol. The van der Waals surface area contributed by atoms with Crippen molar-refractivity contribution in [1.82, 2.24) is 5.32 Å². The number of amides is 1. The lowest BCUT2D eigenvalue weighted by atomic mass is 9.98. The van der Waals surface area contributed by atoms with E-state index < -0.39 is 0 Å². The summed E-state index contributed by atoms with van der Waals surface area (Å²) in [6, 6.07) is 8.47. The zero-order valence-electron chi connectivity index (χ0n) is 6.38. The molecule has 0 bridgehead atoms. The summed E-state index contributed by atoms with van der Waals surface area (Å²) in [6.07, 6.45) is 0.639. The van der Waals surface area contributed by atoms with Crippen LogP contribution in [-0.2, 0) is 4.79 Å². The zero-order chi connectivity index (χ0) is 8.55.